The zero-order valence-electron chi connectivity index (χ0n) is 13.8. The Hall–Kier alpha value is -2.89. The number of aromatic nitrogens is 3. The van der Waals surface area contributed by atoms with E-state index in [1.54, 1.807) is 12.4 Å². The largest absolute Gasteiger partial charge is 0.489 e. The molecule has 0 aliphatic heterocycles. The molecule has 0 bridgehead atoms. The van der Waals surface area contributed by atoms with Crippen LogP contribution in [-0.4, -0.2) is 15.1 Å². The van der Waals surface area contributed by atoms with Crippen molar-refractivity contribution in [3.05, 3.63) is 65.7 Å². The van der Waals surface area contributed by atoms with E-state index in [0.29, 0.717) is 25.0 Å². The van der Waals surface area contributed by atoms with Crippen molar-refractivity contribution in [2.45, 2.75) is 32.9 Å². The summed E-state index contributed by atoms with van der Waals surface area (Å²) in [5.74, 6) is 1.78. The van der Waals surface area contributed by atoms with Crippen molar-refractivity contribution in [2.24, 2.45) is 0 Å². The summed E-state index contributed by atoms with van der Waals surface area (Å²) in [6.45, 7) is 5.17. The Kier molecular flexibility index (Phi) is 5.05. The molecule has 0 saturated heterocycles. The van der Waals surface area contributed by atoms with Gasteiger partial charge in [0.15, 0.2) is 5.82 Å². The maximum atomic E-state index is 5.74. The molecule has 2 aromatic heterocycles. The number of nitrogens with zero attached hydrogens (tertiary/aromatic N) is 3. The lowest BCUT2D eigenvalue weighted by molar-refractivity contribution is 0.305. The van der Waals surface area contributed by atoms with E-state index in [0.717, 1.165) is 16.9 Å². The topological polar surface area (TPSA) is 73.1 Å². The smallest absolute Gasteiger partial charge is 0.321 e. The van der Waals surface area contributed by atoms with Gasteiger partial charge in [-0.15, -0.1) is 0 Å². The summed E-state index contributed by atoms with van der Waals surface area (Å²) in [4.78, 5) is 8.35. The molecule has 0 fully saturated rings. The van der Waals surface area contributed by atoms with Crippen molar-refractivity contribution in [3.8, 4) is 5.75 Å². The summed E-state index contributed by atoms with van der Waals surface area (Å²) < 4.78 is 10.9. The molecule has 6 nitrogen and oxygen atoms in total. The van der Waals surface area contributed by atoms with Crippen LogP contribution in [0.3, 0.4) is 0 Å². The zero-order valence-corrected chi connectivity index (χ0v) is 13.8. The Bertz CT molecular complexity index is 754. The third-order valence-electron chi connectivity index (χ3n) is 3.45. The Labute approximate surface area is 140 Å². The quantitative estimate of drug-likeness (QED) is 0.713. The van der Waals surface area contributed by atoms with Gasteiger partial charge in [0, 0.05) is 30.4 Å². The Morgan fingerprint density at radius 3 is 2.62 bits per heavy atom. The highest BCUT2D eigenvalue weighted by atomic mass is 16.5. The van der Waals surface area contributed by atoms with Gasteiger partial charge in [-0.25, -0.2) is 0 Å². The predicted octanol–water partition coefficient (Wildman–Crippen LogP) is 3.78. The first-order valence-corrected chi connectivity index (χ1v) is 7.89. The first kappa shape index (κ1) is 16.0. The zero-order chi connectivity index (χ0) is 16.8. The average Bonchev–Trinajstić information content (AvgIpc) is 3.09. The lowest BCUT2D eigenvalue weighted by Crippen LogP contribution is -2.00. The van der Waals surface area contributed by atoms with Crippen molar-refractivity contribution >= 4 is 6.01 Å². The lowest BCUT2D eigenvalue weighted by Gasteiger charge is -2.07. The molecule has 1 N–H and O–H groups in total. The summed E-state index contributed by atoms with van der Waals surface area (Å²) in [6, 6.07) is 12.2. The Balaban J connectivity index is 1.50. The van der Waals surface area contributed by atoms with Crippen LogP contribution in [0.5, 0.6) is 5.75 Å². The molecular formula is C18H20N4O2. The predicted molar refractivity (Wildman–Crippen MR) is 90.7 cm³/mol. The molecule has 24 heavy (non-hydrogen) atoms. The molecule has 1 aromatic carbocycles. The van der Waals surface area contributed by atoms with Gasteiger partial charge < -0.3 is 14.6 Å². The second kappa shape index (κ2) is 7.59. The SMILES string of the molecule is CC(C)c1noc(NCc2ccc(OCc3cccnc3)cc2)n1. The Morgan fingerprint density at radius 1 is 1.12 bits per heavy atom. The molecule has 3 rings (SSSR count). The van der Waals surface area contributed by atoms with Crippen molar-refractivity contribution in [1.29, 1.82) is 0 Å². The van der Waals surface area contributed by atoms with Gasteiger partial charge in [0.25, 0.3) is 0 Å². The van der Waals surface area contributed by atoms with E-state index in [1.807, 2.05) is 50.2 Å². The van der Waals surface area contributed by atoms with E-state index >= 15 is 0 Å². The number of ether oxygens (including phenoxy) is 1. The van der Waals surface area contributed by atoms with Crippen LogP contribution in [0, 0.1) is 0 Å². The van der Waals surface area contributed by atoms with Gasteiger partial charge in [-0.2, -0.15) is 4.98 Å². The number of hydrogen-bond donors (Lipinski definition) is 1. The molecule has 0 atom stereocenters. The monoisotopic (exact) mass is 324 g/mol. The summed E-state index contributed by atoms with van der Waals surface area (Å²) in [7, 11) is 0. The van der Waals surface area contributed by atoms with Crippen LogP contribution in [0.4, 0.5) is 6.01 Å². The van der Waals surface area contributed by atoms with E-state index < -0.39 is 0 Å². The van der Waals surface area contributed by atoms with E-state index in [-0.39, 0.29) is 5.92 Å². The average molecular weight is 324 g/mol. The second-order valence-electron chi connectivity index (χ2n) is 5.76. The van der Waals surface area contributed by atoms with Gasteiger partial charge in [-0.05, 0) is 23.8 Å². The second-order valence-corrected chi connectivity index (χ2v) is 5.76. The van der Waals surface area contributed by atoms with Gasteiger partial charge in [0.05, 0.1) is 0 Å². The maximum Gasteiger partial charge on any atom is 0.321 e. The number of hydrogen-bond acceptors (Lipinski definition) is 6. The van der Waals surface area contributed by atoms with Crippen molar-refractivity contribution in [1.82, 2.24) is 15.1 Å². The van der Waals surface area contributed by atoms with Crippen LogP contribution in [-0.2, 0) is 13.2 Å². The molecule has 0 amide bonds. The minimum absolute atomic E-state index is 0.251. The molecule has 0 spiro atoms. The minimum Gasteiger partial charge on any atom is -0.489 e. The fourth-order valence-corrected chi connectivity index (χ4v) is 2.07. The minimum atomic E-state index is 0.251. The van der Waals surface area contributed by atoms with Crippen LogP contribution in [0.15, 0.2) is 53.3 Å². The van der Waals surface area contributed by atoms with Crippen molar-refractivity contribution in [2.75, 3.05) is 5.32 Å². The van der Waals surface area contributed by atoms with Gasteiger partial charge in [-0.1, -0.05) is 37.2 Å². The first-order valence-electron chi connectivity index (χ1n) is 7.89. The fraction of sp³-hybridized carbons (Fsp3) is 0.278. The standard InChI is InChI=1S/C18H20N4O2/c1-13(2)17-21-18(24-22-17)20-11-14-5-7-16(8-6-14)23-12-15-4-3-9-19-10-15/h3-10,13H,11-12H2,1-2H3,(H,20,21,22). The summed E-state index contributed by atoms with van der Waals surface area (Å²) >= 11 is 0. The summed E-state index contributed by atoms with van der Waals surface area (Å²) in [6.07, 6.45) is 3.55. The first-order chi connectivity index (χ1) is 11.7. The van der Waals surface area contributed by atoms with Gasteiger partial charge in [-0.3, -0.25) is 4.98 Å². The lowest BCUT2D eigenvalue weighted by atomic mass is 10.2. The number of anilines is 1. The van der Waals surface area contributed by atoms with Crippen molar-refractivity contribution in [3.63, 3.8) is 0 Å². The molecule has 0 aliphatic rings. The summed E-state index contributed by atoms with van der Waals surface area (Å²) in [5.41, 5.74) is 2.15. The number of nitrogens with one attached hydrogen (secondary N) is 1. The summed E-state index contributed by atoms with van der Waals surface area (Å²) in [5, 5.41) is 7.05. The highest BCUT2D eigenvalue weighted by molar-refractivity contribution is 5.30. The highest BCUT2D eigenvalue weighted by Crippen LogP contribution is 2.16. The number of benzene rings is 1. The molecule has 0 saturated carbocycles. The third kappa shape index (κ3) is 4.32. The molecule has 2 heterocycles. The molecule has 124 valence electrons. The van der Waals surface area contributed by atoms with E-state index in [9.17, 15) is 0 Å². The van der Waals surface area contributed by atoms with Crippen molar-refractivity contribution < 1.29 is 9.26 Å². The highest BCUT2D eigenvalue weighted by Gasteiger charge is 2.08. The molecule has 0 unspecified atom stereocenters. The molecule has 6 heteroatoms. The van der Waals surface area contributed by atoms with E-state index in [1.165, 1.54) is 0 Å². The Morgan fingerprint density at radius 2 is 1.96 bits per heavy atom. The van der Waals surface area contributed by atoms with Crippen LogP contribution in [0.1, 0.15) is 36.7 Å². The van der Waals surface area contributed by atoms with Crippen LogP contribution in [0.25, 0.3) is 0 Å². The van der Waals surface area contributed by atoms with Gasteiger partial charge in [0.1, 0.15) is 12.4 Å². The normalized spacial score (nSPS) is 10.8. The molecule has 0 aliphatic carbocycles. The van der Waals surface area contributed by atoms with E-state index in [2.05, 4.69) is 20.4 Å². The fourth-order valence-electron chi connectivity index (χ4n) is 2.07. The van der Waals surface area contributed by atoms with Crippen LogP contribution < -0.4 is 10.1 Å². The number of rotatable bonds is 7. The third-order valence-corrected chi connectivity index (χ3v) is 3.45. The number of pyridine rings is 1. The molecule has 3 aromatic rings. The van der Waals surface area contributed by atoms with Gasteiger partial charge >= 0.3 is 6.01 Å². The van der Waals surface area contributed by atoms with Crippen LogP contribution >= 0.6 is 0 Å². The molecular weight excluding hydrogens is 304 g/mol. The maximum absolute atomic E-state index is 5.74. The van der Waals surface area contributed by atoms with Gasteiger partial charge in [0.2, 0.25) is 0 Å². The molecule has 0 radical (unpaired) electrons. The van der Waals surface area contributed by atoms with Crippen LogP contribution in [0.2, 0.25) is 0 Å². The van der Waals surface area contributed by atoms with E-state index in [4.69, 9.17) is 9.26 Å².